The Balaban J connectivity index is 2.04. The van der Waals surface area contributed by atoms with Crippen molar-refractivity contribution in [2.75, 3.05) is 44.8 Å². The van der Waals surface area contributed by atoms with E-state index < -0.39 is 0 Å². The highest BCUT2D eigenvalue weighted by Crippen LogP contribution is 2.32. The number of nitrogens with one attached hydrogen (secondary N) is 1. The first kappa shape index (κ1) is 15.3. The molecule has 0 atom stereocenters. The predicted molar refractivity (Wildman–Crippen MR) is 80.7 cm³/mol. The fourth-order valence-corrected chi connectivity index (χ4v) is 2.88. The Kier molecular flexibility index (Phi) is 5.38. The summed E-state index contributed by atoms with van der Waals surface area (Å²) < 4.78 is 18.5. The summed E-state index contributed by atoms with van der Waals surface area (Å²) in [6.07, 6.45) is 2.15. The molecule has 1 fully saturated rings. The summed E-state index contributed by atoms with van der Waals surface area (Å²) in [4.78, 5) is 2.22. The average Bonchev–Trinajstić information content (AvgIpc) is 2.47. The first-order valence-electron chi connectivity index (χ1n) is 7.40. The van der Waals surface area contributed by atoms with Gasteiger partial charge in [-0.05, 0) is 43.7 Å². The molecule has 0 saturated carbocycles. The van der Waals surface area contributed by atoms with E-state index in [0.717, 1.165) is 51.4 Å². The summed E-state index contributed by atoms with van der Waals surface area (Å²) in [5, 5.41) is 3.48. The number of ether oxygens (including phenoxy) is 1. The van der Waals surface area contributed by atoms with E-state index in [1.54, 1.807) is 0 Å². The number of hydrogen-bond donors (Lipinski definition) is 1. The number of anilines is 1. The minimum atomic E-state index is -0.185. The van der Waals surface area contributed by atoms with Gasteiger partial charge in [-0.2, -0.15) is 0 Å². The van der Waals surface area contributed by atoms with Crippen molar-refractivity contribution in [1.82, 2.24) is 5.32 Å². The zero-order chi connectivity index (χ0) is 14.4. The van der Waals surface area contributed by atoms with Gasteiger partial charge in [0.25, 0.3) is 0 Å². The number of halogens is 1. The summed E-state index contributed by atoms with van der Waals surface area (Å²) >= 11 is 0. The number of nitrogens with zero attached hydrogens (tertiary/aromatic N) is 1. The van der Waals surface area contributed by atoms with Crippen LogP contribution in [0.2, 0.25) is 0 Å². The van der Waals surface area contributed by atoms with Crippen molar-refractivity contribution in [1.29, 1.82) is 0 Å². The van der Waals surface area contributed by atoms with Crippen LogP contribution in [0.25, 0.3) is 0 Å². The lowest BCUT2D eigenvalue weighted by Crippen LogP contribution is -2.46. The van der Waals surface area contributed by atoms with E-state index in [1.165, 1.54) is 12.1 Å². The normalized spacial score (nSPS) is 17.9. The Morgan fingerprint density at radius 3 is 2.50 bits per heavy atom. The molecule has 20 heavy (non-hydrogen) atoms. The third-order valence-electron chi connectivity index (χ3n) is 4.14. The lowest BCUT2D eigenvalue weighted by Gasteiger charge is -2.41. The molecule has 0 aliphatic carbocycles. The van der Waals surface area contributed by atoms with Gasteiger partial charge in [0.15, 0.2) is 0 Å². The van der Waals surface area contributed by atoms with E-state index >= 15 is 0 Å². The summed E-state index contributed by atoms with van der Waals surface area (Å²) in [6.45, 7) is 6.78. The topological polar surface area (TPSA) is 24.5 Å². The summed E-state index contributed by atoms with van der Waals surface area (Å²) in [7, 11) is 2.08. The van der Waals surface area contributed by atoms with Crippen LogP contribution in [0.1, 0.15) is 19.8 Å². The van der Waals surface area contributed by atoms with E-state index in [0.29, 0.717) is 0 Å². The highest BCUT2D eigenvalue weighted by atomic mass is 19.1. The highest BCUT2D eigenvalue weighted by molar-refractivity contribution is 5.45. The maximum absolute atomic E-state index is 13.0. The number of rotatable bonds is 6. The monoisotopic (exact) mass is 280 g/mol. The van der Waals surface area contributed by atoms with E-state index in [9.17, 15) is 4.39 Å². The van der Waals surface area contributed by atoms with Crippen LogP contribution in [0.5, 0.6) is 0 Å². The largest absolute Gasteiger partial charge is 0.381 e. The molecule has 1 aliphatic heterocycles. The van der Waals surface area contributed by atoms with Crippen LogP contribution in [0, 0.1) is 11.2 Å². The van der Waals surface area contributed by atoms with Gasteiger partial charge in [-0.25, -0.2) is 4.39 Å². The van der Waals surface area contributed by atoms with Crippen molar-refractivity contribution in [2.24, 2.45) is 5.41 Å². The van der Waals surface area contributed by atoms with E-state index in [1.807, 2.05) is 12.1 Å². The van der Waals surface area contributed by atoms with Gasteiger partial charge in [-0.1, -0.05) is 6.92 Å². The Hall–Kier alpha value is -1.13. The first-order chi connectivity index (χ1) is 9.65. The Labute approximate surface area is 121 Å². The summed E-state index contributed by atoms with van der Waals surface area (Å²) in [5.74, 6) is -0.185. The molecule has 3 nitrogen and oxygen atoms in total. The third-order valence-corrected chi connectivity index (χ3v) is 4.14. The molecule has 1 aromatic carbocycles. The highest BCUT2D eigenvalue weighted by Gasteiger charge is 2.33. The van der Waals surface area contributed by atoms with Crippen molar-refractivity contribution in [2.45, 2.75) is 19.8 Å². The molecule has 1 N–H and O–H groups in total. The second kappa shape index (κ2) is 7.04. The smallest absolute Gasteiger partial charge is 0.123 e. The fraction of sp³-hybridized carbons (Fsp3) is 0.625. The Morgan fingerprint density at radius 2 is 1.90 bits per heavy atom. The zero-order valence-corrected chi connectivity index (χ0v) is 12.5. The molecule has 1 saturated heterocycles. The van der Waals surface area contributed by atoms with Crippen molar-refractivity contribution in [3.05, 3.63) is 30.1 Å². The molecular weight excluding hydrogens is 255 g/mol. The standard InChI is InChI=1S/C16H25FN2O/c1-3-18-12-16(8-10-20-11-9-16)13-19(2)15-6-4-14(17)5-7-15/h4-7,18H,3,8-13H2,1-2H3. The van der Waals surface area contributed by atoms with Crippen LogP contribution in [0.3, 0.4) is 0 Å². The second-order valence-corrected chi connectivity index (χ2v) is 5.73. The minimum Gasteiger partial charge on any atom is -0.381 e. The van der Waals surface area contributed by atoms with Gasteiger partial charge in [0.2, 0.25) is 0 Å². The molecule has 4 heteroatoms. The number of hydrogen-bond acceptors (Lipinski definition) is 3. The molecule has 0 aromatic heterocycles. The predicted octanol–water partition coefficient (Wildman–Crippen LogP) is 2.67. The van der Waals surface area contributed by atoms with E-state index in [4.69, 9.17) is 4.74 Å². The van der Waals surface area contributed by atoms with Crippen LogP contribution in [-0.2, 0) is 4.74 Å². The maximum Gasteiger partial charge on any atom is 0.123 e. The van der Waals surface area contributed by atoms with E-state index in [-0.39, 0.29) is 11.2 Å². The van der Waals surface area contributed by atoms with Crippen molar-refractivity contribution >= 4 is 5.69 Å². The molecule has 0 spiro atoms. The van der Waals surface area contributed by atoms with Gasteiger partial charge in [-0.15, -0.1) is 0 Å². The molecule has 1 heterocycles. The minimum absolute atomic E-state index is 0.185. The molecule has 0 amide bonds. The Bertz CT molecular complexity index is 401. The summed E-state index contributed by atoms with van der Waals surface area (Å²) in [5.41, 5.74) is 1.31. The van der Waals surface area contributed by atoms with Crippen LogP contribution < -0.4 is 10.2 Å². The van der Waals surface area contributed by atoms with Crippen molar-refractivity contribution < 1.29 is 9.13 Å². The first-order valence-corrected chi connectivity index (χ1v) is 7.40. The fourth-order valence-electron chi connectivity index (χ4n) is 2.88. The van der Waals surface area contributed by atoms with Crippen LogP contribution in [0.4, 0.5) is 10.1 Å². The molecule has 1 aromatic rings. The van der Waals surface area contributed by atoms with Gasteiger partial charge >= 0.3 is 0 Å². The van der Waals surface area contributed by atoms with Gasteiger partial charge in [0, 0.05) is 44.5 Å². The van der Waals surface area contributed by atoms with Gasteiger partial charge < -0.3 is 15.0 Å². The molecule has 1 aliphatic rings. The molecular formula is C16H25FN2O. The van der Waals surface area contributed by atoms with Crippen molar-refractivity contribution in [3.63, 3.8) is 0 Å². The maximum atomic E-state index is 13.0. The lowest BCUT2D eigenvalue weighted by atomic mass is 9.79. The molecule has 0 unspecified atom stereocenters. The van der Waals surface area contributed by atoms with Gasteiger partial charge in [0.05, 0.1) is 0 Å². The molecule has 0 bridgehead atoms. The van der Waals surface area contributed by atoms with Crippen molar-refractivity contribution in [3.8, 4) is 0 Å². The summed E-state index contributed by atoms with van der Waals surface area (Å²) in [6, 6.07) is 6.73. The quantitative estimate of drug-likeness (QED) is 0.867. The zero-order valence-electron chi connectivity index (χ0n) is 12.5. The van der Waals surface area contributed by atoms with Crippen LogP contribution >= 0.6 is 0 Å². The SMILES string of the molecule is CCNCC1(CN(C)c2ccc(F)cc2)CCOCC1. The average molecular weight is 280 g/mol. The molecule has 112 valence electrons. The van der Waals surface area contributed by atoms with Crippen LogP contribution in [-0.4, -0.2) is 39.9 Å². The third kappa shape index (κ3) is 3.93. The lowest BCUT2D eigenvalue weighted by molar-refractivity contribution is 0.0190. The second-order valence-electron chi connectivity index (χ2n) is 5.73. The number of benzene rings is 1. The van der Waals surface area contributed by atoms with Gasteiger partial charge in [-0.3, -0.25) is 0 Å². The molecule has 2 rings (SSSR count). The van der Waals surface area contributed by atoms with Crippen LogP contribution in [0.15, 0.2) is 24.3 Å². The molecule has 0 radical (unpaired) electrons. The Morgan fingerprint density at radius 1 is 1.25 bits per heavy atom. The van der Waals surface area contributed by atoms with E-state index in [2.05, 4.69) is 24.2 Å². The van der Waals surface area contributed by atoms with Gasteiger partial charge in [0.1, 0.15) is 5.82 Å².